The van der Waals surface area contributed by atoms with Gasteiger partial charge in [0.25, 0.3) is 6.43 Å². The van der Waals surface area contributed by atoms with Crippen molar-refractivity contribution in [3.8, 4) is 5.75 Å². The van der Waals surface area contributed by atoms with Gasteiger partial charge in [-0.2, -0.15) is 0 Å². The summed E-state index contributed by atoms with van der Waals surface area (Å²) < 4.78 is 41.5. The molecule has 0 radical (unpaired) electrons. The van der Waals surface area contributed by atoms with E-state index < -0.39 is 18.8 Å². The molecule has 0 bridgehead atoms. The van der Waals surface area contributed by atoms with E-state index in [4.69, 9.17) is 11.6 Å². The lowest BCUT2D eigenvalue weighted by Crippen LogP contribution is -2.08. The Morgan fingerprint density at radius 3 is 2.57 bits per heavy atom. The van der Waals surface area contributed by atoms with Gasteiger partial charge in [-0.3, -0.25) is 0 Å². The first-order chi connectivity index (χ1) is 6.50. The van der Waals surface area contributed by atoms with Crippen molar-refractivity contribution in [2.45, 2.75) is 6.43 Å². The van der Waals surface area contributed by atoms with Gasteiger partial charge in [-0.1, -0.05) is 27.5 Å². The number of ether oxygens (including phenoxy) is 1. The van der Waals surface area contributed by atoms with Crippen LogP contribution in [0.5, 0.6) is 5.75 Å². The molecule has 1 aromatic carbocycles. The van der Waals surface area contributed by atoms with E-state index in [1.165, 1.54) is 6.07 Å². The van der Waals surface area contributed by atoms with E-state index in [-0.39, 0.29) is 10.8 Å². The molecule has 0 amide bonds. The van der Waals surface area contributed by atoms with Crippen molar-refractivity contribution in [2.24, 2.45) is 0 Å². The second-order valence-corrected chi connectivity index (χ2v) is 3.72. The van der Waals surface area contributed by atoms with Crippen LogP contribution in [-0.4, -0.2) is 13.0 Å². The van der Waals surface area contributed by atoms with Gasteiger partial charge in [0.05, 0.1) is 5.02 Å². The van der Waals surface area contributed by atoms with Gasteiger partial charge in [-0.05, 0) is 12.1 Å². The van der Waals surface area contributed by atoms with Crippen LogP contribution in [0.15, 0.2) is 16.6 Å². The molecule has 0 fully saturated rings. The molecule has 0 aliphatic heterocycles. The van der Waals surface area contributed by atoms with Crippen molar-refractivity contribution in [2.75, 3.05) is 6.61 Å². The van der Waals surface area contributed by atoms with Gasteiger partial charge in [0.1, 0.15) is 6.61 Å². The van der Waals surface area contributed by atoms with Crippen LogP contribution in [0, 0.1) is 5.82 Å². The maximum atomic E-state index is 13.1. The normalized spacial score (nSPS) is 10.7. The lowest BCUT2D eigenvalue weighted by molar-refractivity contribution is 0.0799. The van der Waals surface area contributed by atoms with Crippen molar-refractivity contribution in [1.29, 1.82) is 0 Å². The first-order valence-electron chi connectivity index (χ1n) is 3.56. The summed E-state index contributed by atoms with van der Waals surface area (Å²) in [6, 6.07) is 2.46. The minimum Gasteiger partial charge on any atom is -0.483 e. The van der Waals surface area contributed by atoms with Crippen LogP contribution in [-0.2, 0) is 0 Å². The summed E-state index contributed by atoms with van der Waals surface area (Å²) in [5.74, 6) is -1.12. The minimum atomic E-state index is -2.66. The van der Waals surface area contributed by atoms with Crippen molar-refractivity contribution < 1.29 is 17.9 Å². The SMILES string of the molecule is Fc1cc(Br)cc(Cl)c1OCC(F)F. The van der Waals surface area contributed by atoms with Gasteiger partial charge >= 0.3 is 0 Å². The maximum Gasteiger partial charge on any atom is 0.272 e. The first kappa shape index (κ1) is 11.7. The Balaban J connectivity index is 2.86. The van der Waals surface area contributed by atoms with Gasteiger partial charge in [0, 0.05) is 4.47 Å². The molecule has 1 nitrogen and oxygen atoms in total. The number of halogens is 5. The molecule has 0 aliphatic carbocycles. The van der Waals surface area contributed by atoms with Gasteiger partial charge in [0.15, 0.2) is 11.6 Å². The standard InChI is InChI=1S/C8H5BrClF3O/c9-4-1-5(10)8(6(11)2-4)14-3-7(12)13/h1-2,7H,3H2. The molecule has 0 heterocycles. The maximum absolute atomic E-state index is 13.1. The zero-order valence-electron chi connectivity index (χ0n) is 6.74. The summed E-state index contributed by atoms with van der Waals surface area (Å²) in [5.41, 5.74) is 0. The Labute approximate surface area is 91.9 Å². The summed E-state index contributed by atoms with van der Waals surface area (Å²) in [5, 5.41) is -0.0440. The molecular formula is C8H5BrClF3O. The summed E-state index contributed by atoms with van der Waals surface area (Å²) in [6.07, 6.45) is -2.66. The van der Waals surface area contributed by atoms with Crippen molar-refractivity contribution >= 4 is 27.5 Å². The van der Waals surface area contributed by atoms with Gasteiger partial charge in [-0.25, -0.2) is 13.2 Å². The Bertz CT molecular complexity index is 309. The highest BCUT2D eigenvalue weighted by molar-refractivity contribution is 9.10. The smallest absolute Gasteiger partial charge is 0.272 e. The summed E-state index contributed by atoms with van der Waals surface area (Å²) >= 11 is 8.58. The molecule has 0 saturated carbocycles. The van der Waals surface area contributed by atoms with Crippen LogP contribution in [0.3, 0.4) is 0 Å². The van der Waals surface area contributed by atoms with Crippen molar-refractivity contribution in [3.63, 3.8) is 0 Å². The van der Waals surface area contributed by atoms with Crippen LogP contribution in [0.2, 0.25) is 5.02 Å². The van der Waals surface area contributed by atoms with E-state index in [0.29, 0.717) is 4.47 Å². The zero-order valence-corrected chi connectivity index (χ0v) is 9.08. The van der Waals surface area contributed by atoms with Crippen LogP contribution in [0.4, 0.5) is 13.2 Å². The fourth-order valence-electron chi connectivity index (χ4n) is 0.813. The van der Waals surface area contributed by atoms with Crippen molar-refractivity contribution in [1.82, 2.24) is 0 Å². The number of rotatable bonds is 3. The quantitative estimate of drug-likeness (QED) is 0.820. The average molecular weight is 289 g/mol. The highest BCUT2D eigenvalue weighted by Crippen LogP contribution is 2.31. The third-order valence-electron chi connectivity index (χ3n) is 1.32. The van der Waals surface area contributed by atoms with E-state index in [9.17, 15) is 13.2 Å². The average Bonchev–Trinajstić information content (AvgIpc) is 2.01. The molecule has 0 N–H and O–H groups in total. The molecule has 0 aliphatic rings. The highest BCUT2D eigenvalue weighted by atomic mass is 79.9. The molecule has 0 aromatic heterocycles. The van der Waals surface area contributed by atoms with E-state index in [0.717, 1.165) is 6.07 Å². The Morgan fingerprint density at radius 2 is 2.07 bits per heavy atom. The van der Waals surface area contributed by atoms with Gasteiger partial charge in [0.2, 0.25) is 0 Å². The largest absolute Gasteiger partial charge is 0.483 e. The minimum absolute atomic E-state index is 0.0440. The Hall–Kier alpha value is -0.420. The molecule has 0 spiro atoms. The lowest BCUT2D eigenvalue weighted by Gasteiger charge is -2.08. The fraction of sp³-hybridized carbons (Fsp3) is 0.250. The van der Waals surface area contributed by atoms with Crippen LogP contribution in [0.25, 0.3) is 0 Å². The van der Waals surface area contributed by atoms with Gasteiger partial charge < -0.3 is 4.74 Å². The topological polar surface area (TPSA) is 9.23 Å². The lowest BCUT2D eigenvalue weighted by atomic mass is 10.3. The van der Waals surface area contributed by atoms with E-state index in [1.54, 1.807) is 0 Å². The van der Waals surface area contributed by atoms with E-state index >= 15 is 0 Å². The predicted octanol–water partition coefficient (Wildman–Crippen LogP) is 3.89. The summed E-state index contributed by atoms with van der Waals surface area (Å²) in [7, 11) is 0. The molecule has 14 heavy (non-hydrogen) atoms. The predicted molar refractivity (Wildman–Crippen MR) is 50.6 cm³/mol. The summed E-state index contributed by atoms with van der Waals surface area (Å²) in [4.78, 5) is 0. The second-order valence-electron chi connectivity index (χ2n) is 2.40. The molecule has 1 aromatic rings. The number of hydrogen-bond donors (Lipinski definition) is 0. The number of alkyl halides is 2. The van der Waals surface area contributed by atoms with Crippen molar-refractivity contribution in [3.05, 3.63) is 27.4 Å². The molecule has 0 saturated heterocycles. The molecule has 6 heteroatoms. The molecule has 1 rings (SSSR count). The third kappa shape index (κ3) is 3.06. The molecule has 78 valence electrons. The first-order valence-corrected chi connectivity index (χ1v) is 4.73. The zero-order chi connectivity index (χ0) is 10.7. The van der Waals surface area contributed by atoms with Crippen LogP contribution < -0.4 is 4.74 Å². The van der Waals surface area contributed by atoms with E-state index in [1.807, 2.05) is 0 Å². The molecule has 0 atom stereocenters. The number of hydrogen-bond acceptors (Lipinski definition) is 1. The van der Waals surface area contributed by atoms with Gasteiger partial charge in [-0.15, -0.1) is 0 Å². The summed E-state index contributed by atoms with van der Waals surface area (Å²) in [6.45, 7) is -0.877. The molecule has 0 unspecified atom stereocenters. The van der Waals surface area contributed by atoms with Crippen LogP contribution >= 0.6 is 27.5 Å². The second kappa shape index (κ2) is 4.89. The highest BCUT2D eigenvalue weighted by Gasteiger charge is 2.12. The monoisotopic (exact) mass is 288 g/mol. The Kier molecular flexibility index (Phi) is 4.07. The third-order valence-corrected chi connectivity index (χ3v) is 2.06. The number of benzene rings is 1. The Morgan fingerprint density at radius 1 is 1.43 bits per heavy atom. The van der Waals surface area contributed by atoms with Crippen LogP contribution in [0.1, 0.15) is 0 Å². The van der Waals surface area contributed by atoms with E-state index in [2.05, 4.69) is 20.7 Å². The fourth-order valence-corrected chi connectivity index (χ4v) is 1.64. The molecular weight excluding hydrogens is 284 g/mol.